The summed E-state index contributed by atoms with van der Waals surface area (Å²) in [5.74, 6) is 0. The lowest BCUT2D eigenvalue weighted by atomic mass is 10.2. The quantitative estimate of drug-likeness (QED) is 0.491. The molecule has 0 saturated carbocycles. The third-order valence-corrected chi connectivity index (χ3v) is 1.89. The lowest BCUT2D eigenvalue weighted by molar-refractivity contribution is 0.169. The Labute approximate surface area is 70.2 Å². The molecule has 0 fully saturated rings. The standard InChI is InChI=1S/C8H19NS/c1-6(2)9(7(3)4)8(5)10/h6-8,10H,1-5H3. The van der Waals surface area contributed by atoms with Crippen LogP contribution in [0.15, 0.2) is 0 Å². The summed E-state index contributed by atoms with van der Waals surface area (Å²) in [5, 5.41) is 0.361. The van der Waals surface area contributed by atoms with Crippen LogP contribution >= 0.6 is 12.6 Å². The molecule has 0 aliphatic rings. The summed E-state index contributed by atoms with van der Waals surface area (Å²) >= 11 is 4.40. The third kappa shape index (κ3) is 2.93. The second kappa shape index (κ2) is 4.24. The Balaban J connectivity index is 3.98. The molecule has 0 aliphatic carbocycles. The molecular weight excluding hydrogens is 142 g/mol. The van der Waals surface area contributed by atoms with Gasteiger partial charge in [-0.05, 0) is 34.6 Å². The predicted molar refractivity (Wildman–Crippen MR) is 50.6 cm³/mol. The van der Waals surface area contributed by atoms with E-state index in [-0.39, 0.29) is 0 Å². The molecule has 0 aromatic rings. The maximum absolute atomic E-state index is 4.40. The summed E-state index contributed by atoms with van der Waals surface area (Å²) in [6, 6.07) is 1.18. The molecule has 1 unspecified atom stereocenters. The van der Waals surface area contributed by atoms with Crippen molar-refractivity contribution in [3.63, 3.8) is 0 Å². The van der Waals surface area contributed by atoms with E-state index < -0.39 is 0 Å². The van der Waals surface area contributed by atoms with Crippen LogP contribution in [0.1, 0.15) is 34.6 Å². The van der Waals surface area contributed by atoms with E-state index in [4.69, 9.17) is 0 Å². The van der Waals surface area contributed by atoms with Gasteiger partial charge in [0.25, 0.3) is 0 Å². The van der Waals surface area contributed by atoms with E-state index in [1.165, 1.54) is 0 Å². The molecule has 0 spiro atoms. The van der Waals surface area contributed by atoms with Crippen molar-refractivity contribution < 1.29 is 0 Å². The molecule has 0 aromatic carbocycles. The van der Waals surface area contributed by atoms with Crippen molar-refractivity contribution in [3.05, 3.63) is 0 Å². The van der Waals surface area contributed by atoms with Crippen molar-refractivity contribution >= 4 is 12.6 Å². The van der Waals surface area contributed by atoms with Crippen LogP contribution in [-0.4, -0.2) is 22.4 Å². The van der Waals surface area contributed by atoms with Crippen LogP contribution in [-0.2, 0) is 0 Å². The minimum absolute atomic E-state index is 0.361. The van der Waals surface area contributed by atoms with E-state index in [2.05, 4.69) is 52.1 Å². The van der Waals surface area contributed by atoms with Crippen molar-refractivity contribution in [3.8, 4) is 0 Å². The number of hydrogen-bond donors (Lipinski definition) is 1. The predicted octanol–water partition coefficient (Wildman–Crippen LogP) is 2.38. The Morgan fingerprint density at radius 2 is 1.20 bits per heavy atom. The van der Waals surface area contributed by atoms with Gasteiger partial charge in [0.15, 0.2) is 0 Å². The molecule has 2 heteroatoms. The zero-order valence-electron chi connectivity index (χ0n) is 7.63. The van der Waals surface area contributed by atoms with Gasteiger partial charge in [0.2, 0.25) is 0 Å². The Morgan fingerprint density at radius 3 is 1.20 bits per heavy atom. The molecule has 0 heterocycles. The van der Waals surface area contributed by atoms with Crippen LogP contribution in [0, 0.1) is 0 Å². The van der Waals surface area contributed by atoms with Gasteiger partial charge in [0.05, 0.1) is 5.37 Å². The summed E-state index contributed by atoms with van der Waals surface area (Å²) in [7, 11) is 0. The highest BCUT2D eigenvalue weighted by Crippen LogP contribution is 2.12. The highest BCUT2D eigenvalue weighted by atomic mass is 32.1. The van der Waals surface area contributed by atoms with E-state index in [0.29, 0.717) is 17.5 Å². The van der Waals surface area contributed by atoms with Crippen LogP contribution in [0.2, 0.25) is 0 Å². The molecule has 0 N–H and O–H groups in total. The van der Waals surface area contributed by atoms with Gasteiger partial charge in [-0.25, -0.2) is 0 Å². The minimum Gasteiger partial charge on any atom is -0.287 e. The molecule has 10 heavy (non-hydrogen) atoms. The van der Waals surface area contributed by atoms with Gasteiger partial charge in [-0.2, -0.15) is 12.6 Å². The fourth-order valence-electron chi connectivity index (χ4n) is 1.46. The summed E-state index contributed by atoms with van der Waals surface area (Å²) in [5.41, 5.74) is 0. The normalized spacial score (nSPS) is 15.3. The van der Waals surface area contributed by atoms with Crippen molar-refractivity contribution in [1.82, 2.24) is 4.90 Å². The Morgan fingerprint density at radius 1 is 0.900 bits per heavy atom. The maximum atomic E-state index is 4.40. The number of hydrogen-bond acceptors (Lipinski definition) is 2. The fourth-order valence-corrected chi connectivity index (χ4v) is 1.99. The van der Waals surface area contributed by atoms with Crippen molar-refractivity contribution in [2.45, 2.75) is 52.1 Å². The second-order valence-corrected chi connectivity index (χ2v) is 4.01. The summed E-state index contributed by atoms with van der Waals surface area (Å²) < 4.78 is 0. The SMILES string of the molecule is CC(C)N(C(C)C)C(C)S. The van der Waals surface area contributed by atoms with Gasteiger partial charge in [0, 0.05) is 12.1 Å². The highest BCUT2D eigenvalue weighted by molar-refractivity contribution is 7.80. The first-order chi connectivity index (χ1) is 4.46. The van der Waals surface area contributed by atoms with E-state index in [1.807, 2.05) is 0 Å². The minimum atomic E-state index is 0.361. The van der Waals surface area contributed by atoms with Crippen LogP contribution in [0.5, 0.6) is 0 Å². The summed E-state index contributed by atoms with van der Waals surface area (Å²) in [6.45, 7) is 10.9. The number of thiol groups is 1. The fraction of sp³-hybridized carbons (Fsp3) is 1.00. The van der Waals surface area contributed by atoms with Gasteiger partial charge in [-0.3, -0.25) is 4.90 Å². The van der Waals surface area contributed by atoms with Crippen LogP contribution < -0.4 is 0 Å². The van der Waals surface area contributed by atoms with Gasteiger partial charge in [-0.15, -0.1) is 0 Å². The topological polar surface area (TPSA) is 3.24 Å². The van der Waals surface area contributed by atoms with Gasteiger partial charge < -0.3 is 0 Å². The van der Waals surface area contributed by atoms with Gasteiger partial charge >= 0.3 is 0 Å². The average molecular weight is 161 g/mol. The van der Waals surface area contributed by atoms with E-state index in [0.717, 1.165) is 0 Å². The molecular formula is C8H19NS. The monoisotopic (exact) mass is 161 g/mol. The first-order valence-corrected chi connectivity index (χ1v) is 4.44. The van der Waals surface area contributed by atoms with Crippen LogP contribution in [0.25, 0.3) is 0 Å². The maximum Gasteiger partial charge on any atom is 0.0504 e. The molecule has 0 aliphatic heterocycles. The molecule has 1 nitrogen and oxygen atoms in total. The van der Waals surface area contributed by atoms with E-state index >= 15 is 0 Å². The van der Waals surface area contributed by atoms with Crippen molar-refractivity contribution in [2.24, 2.45) is 0 Å². The van der Waals surface area contributed by atoms with E-state index in [9.17, 15) is 0 Å². The molecule has 1 atom stereocenters. The molecule has 0 saturated heterocycles. The molecule has 0 rings (SSSR count). The lowest BCUT2D eigenvalue weighted by Crippen LogP contribution is -2.40. The third-order valence-electron chi connectivity index (χ3n) is 1.62. The van der Waals surface area contributed by atoms with Crippen LogP contribution in [0.4, 0.5) is 0 Å². The largest absolute Gasteiger partial charge is 0.287 e. The zero-order chi connectivity index (χ0) is 8.31. The van der Waals surface area contributed by atoms with Gasteiger partial charge in [0.1, 0.15) is 0 Å². The molecule has 0 amide bonds. The Hall–Kier alpha value is 0.310. The molecule has 0 bridgehead atoms. The smallest absolute Gasteiger partial charge is 0.0504 e. The molecule has 0 radical (unpaired) electrons. The van der Waals surface area contributed by atoms with E-state index in [1.54, 1.807) is 0 Å². The Bertz CT molecular complexity index is 70.2. The van der Waals surface area contributed by atoms with Crippen molar-refractivity contribution in [1.29, 1.82) is 0 Å². The summed E-state index contributed by atoms with van der Waals surface area (Å²) in [4.78, 5) is 2.36. The molecule has 0 aromatic heterocycles. The lowest BCUT2D eigenvalue weighted by Gasteiger charge is -2.33. The second-order valence-electron chi connectivity index (χ2n) is 3.27. The average Bonchev–Trinajstić information content (AvgIpc) is 1.59. The van der Waals surface area contributed by atoms with Gasteiger partial charge in [-0.1, -0.05) is 0 Å². The number of nitrogens with zero attached hydrogens (tertiary/aromatic N) is 1. The first kappa shape index (κ1) is 10.3. The van der Waals surface area contributed by atoms with Crippen molar-refractivity contribution in [2.75, 3.05) is 0 Å². The zero-order valence-corrected chi connectivity index (χ0v) is 8.52. The first-order valence-electron chi connectivity index (χ1n) is 3.92. The Kier molecular flexibility index (Phi) is 4.37. The summed E-state index contributed by atoms with van der Waals surface area (Å²) in [6.07, 6.45) is 0. The highest BCUT2D eigenvalue weighted by Gasteiger charge is 2.16. The molecule has 62 valence electrons. The van der Waals surface area contributed by atoms with Crippen LogP contribution in [0.3, 0.4) is 0 Å². The number of rotatable bonds is 3.